The number of hydrogen-bond donors (Lipinski definition) is 1. The maximum Gasteiger partial charge on any atom is 0.434 e. The minimum Gasteiger partial charge on any atom is -0.390 e. The molecule has 0 amide bonds. The molecule has 1 aliphatic heterocycles. The molecule has 0 aliphatic carbocycles. The Hall–Kier alpha value is -1.77. The van der Waals surface area contributed by atoms with Crippen LogP contribution in [-0.4, -0.2) is 163 Å². The molecule has 1 aromatic carbocycles. The molecule has 2 aromatic rings. The summed E-state index contributed by atoms with van der Waals surface area (Å²) in [6.07, 6.45) is 9.62. The van der Waals surface area contributed by atoms with Crippen LogP contribution in [0.3, 0.4) is 0 Å². The molecule has 2 heterocycles. The average molecular weight is 673 g/mol. The third-order valence-electron chi connectivity index (χ3n) is 9.63. The van der Waals surface area contributed by atoms with Gasteiger partial charge in [-0.2, -0.15) is 8.42 Å². The lowest BCUT2D eigenvalue weighted by atomic mass is 8.57. The SMILES string of the molecule is BB(B)B(B)B(B(B)B)B1CC1CCCCN(CCOCCOCCOS(=O)(=O)c1ccc(C)cc1)CC(O)Cn1ccnc1[N+](=O)[O-]. The summed E-state index contributed by atoms with van der Waals surface area (Å²) < 4.78 is 42.2. The van der Waals surface area contributed by atoms with Crippen LogP contribution in [0.2, 0.25) is 12.1 Å². The van der Waals surface area contributed by atoms with Crippen LogP contribution in [0.4, 0.5) is 5.95 Å². The molecule has 1 aliphatic rings. The van der Waals surface area contributed by atoms with Gasteiger partial charge in [0.1, 0.15) is 12.4 Å². The lowest BCUT2D eigenvalue weighted by molar-refractivity contribution is -0.397. The van der Waals surface area contributed by atoms with Crippen molar-refractivity contribution in [2.75, 3.05) is 52.7 Å². The molecule has 1 aromatic heterocycles. The zero-order valence-electron chi connectivity index (χ0n) is 29.7. The van der Waals surface area contributed by atoms with E-state index in [4.69, 9.17) is 13.7 Å². The number of aliphatic hydroxyl groups is 1. The highest BCUT2D eigenvalue weighted by atomic mass is 32.2. The number of benzene rings is 1. The van der Waals surface area contributed by atoms with Crippen molar-refractivity contribution in [1.82, 2.24) is 14.5 Å². The highest BCUT2D eigenvalue weighted by molar-refractivity contribution is 8.01. The molecule has 3 rings (SSSR count). The summed E-state index contributed by atoms with van der Waals surface area (Å²) >= 11 is 0. The first-order valence-corrected chi connectivity index (χ1v) is 18.9. The second kappa shape index (κ2) is 20.2. The van der Waals surface area contributed by atoms with E-state index in [0.29, 0.717) is 39.1 Å². The fraction of sp³-hybridized carbons (Fsp3) is 0.640. The topological polar surface area (TPSA) is 146 Å². The molecule has 23 heteroatoms. The molecule has 48 heavy (non-hydrogen) atoms. The lowest BCUT2D eigenvalue weighted by Gasteiger charge is -2.25. The first-order valence-electron chi connectivity index (χ1n) is 17.5. The first-order chi connectivity index (χ1) is 22.8. The Morgan fingerprint density at radius 2 is 1.73 bits per heavy atom. The van der Waals surface area contributed by atoms with Crippen molar-refractivity contribution in [3.8, 4) is 0 Å². The Morgan fingerprint density at radius 1 is 1.06 bits per heavy atom. The molecule has 252 valence electrons. The summed E-state index contributed by atoms with van der Waals surface area (Å²) in [5.74, 6) is 0.517. The number of nitro groups is 1. The number of aryl methyl sites for hydroxylation is 1. The Labute approximate surface area is 293 Å². The summed E-state index contributed by atoms with van der Waals surface area (Å²) in [6, 6.07) is 6.47. The Morgan fingerprint density at radius 3 is 2.38 bits per heavy atom. The smallest absolute Gasteiger partial charge is 0.390 e. The van der Waals surface area contributed by atoms with Crippen molar-refractivity contribution in [2.24, 2.45) is 0 Å². The second-order valence-electron chi connectivity index (χ2n) is 14.0. The van der Waals surface area contributed by atoms with Gasteiger partial charge in [0.15, 0.2) is 0 Å². The molecule has 1 N–H and O–H groups in total. The van der Waals surface area contributed by atoms with E-state index in [-0.39, 0.29) is 37.2 Å². The molecule has 1 saturated heterocycles. The number of aliphatic hydroxyl groups excluding tert-OH is 1. The minimum absolute atomic E-state index is 0.0809. The van der Waals surface area contributed by atoms with Crippen LogP contribution in [0.1, 0.15) is 24.8 Å². The van der Waals surface area contributed by atoms with Crippen LogP contribution in [0, 0.1) is 17.0 Å². The Balaban J connectivity index is 1.39. The predicted octanol–water partition coefficient (Wildman–Crippen LogP) is -3.81. The predicted molar refractivity (Wildman–Crippen MR) is 211 cm³/mol. The zero-order valence-corrected chi connectivity index (χ0v) is 30.5. The van der Waals surface area contributed by atoms with Gasteiger partial charge >= 0.3 is 5.95 Å². The lowest BCUT2D eigenvalue weighted by Crippen LogP contribution is -2.63. The van der Waals surface area contributed by atoms with Crippen molar-refractivity contribution >= 4 is 86.9 Å². The van der Waals surface area contributed by atoms with E-state index in [1.165, 1.54) is 41.8 Å². The summed E-state index contributed by atoms with van der Waals surface area (Å²) in [6.45, 7) is 5.60. The van der Waals surface area contributed by atoms with Gasteiger partial charge < -0.3 is 24.7 Å². The monoisotopic (exact) mass is 674 g/mol. The van der Waals surface area contributed by atoms with Gasteiger partial charge in [0, 0.05) is 38.6 Å². The normalized spacial score (nSPS) is 15.0. The van der Waals surface area contributed by atoms with Gasteiger partial charge in [-0.05, 0) is 36.9 Å². The van der Waals surface area contributed by atoms with Gasteiger partial charge in [-0.15, -0.1) is 0 Å². The third kappa shape index (κ3) is 13.5. The average Bonchev–Trinajstić information content (AvgIpc) is 3.61. The van der Waals surface area contributed by atoms with Gasteiger partial charge in [-0.3, -0.25) is 9.08 Å². The van der Waals surface area contributed by atoms with E-state index in [9.17, 15) is 23.6 Å². The molecular weight excluding hydrogens is 624 g/mol. The summed E-state index contributed by atoms with van der Waals surface area (Å²) in [4.78, 5) is 16.8. The van der Waals surface area contributed by atoms with Crippen molar-refractivity contribution in [1.29, 1.82) is 0 Å². The molecule has 12 nitrogen and oxygen atoms in total. The zero-order chi connectivity index (χ0) is 35.3. The van der Waals surface area contributed by atoms with E-state index >= 15 is 0 Å². The second-order valence-corrected chi connectivity index (χ2v) is 15.6. The number of rotatable bonds is 25. The molecule has 0 radical (unpaired) electrons. The number of hydrogen-bond acceptors (Lipinski definition) is 10. The maximum atomic E-state index is 12.3. The molecule has 0 spiro atoms. The van der Waals surface area contributed by atoms with Crippen molar-refractivity contribution in [3.05, 3.63) is 52.3 Å². The minimum atomic E-state index is -3.83. The van der Waals surface area contributed by atoms with E-state index < -0.39 is 21.1 Å². The Bertz CT molecular complexity index is 1360. The van der Waals surface area contributed by atoms with Crippen molar-refractivity contribution in [2.45, 2.75) is 55.9 Å². The molecule has 0 saturated carbocycles. The van der Waals surface area contributed by atoms with Gasteiger partial charge in [0.25, 0.3) is 10.1 Å². The van der Waals surface area contributed by atoms with Gasteiger partial charge in [0.2, 0.25) is 0 Å². The van der Waals surface area contributed by atoms with Crippen molar-refractivity contribution in [3.63, 3.8) is 0 Å². The summed E-state index contributed by atoms with van der Waals surface area (Å²) in [7, 11) is 7.98. The summed E-state index contributed by atoms with van der Waals surface area (Å²) in [5.41, 5.74) is 0.964. The fourth-order valence-corrected chi connectivity index (χ4v) is 7.63. The van der Waals surface area contributed by atoms with Gasteiger partial charge in [0.05, 0.1) is 95.9 Å². The highest BCUT2D eigenvalue weighted by Crippen LogP contribution is 2.43. The molecule has 2 unspecified atom stereocenters. The number of imidazole rings is 1. The summed E-state index contributed by atoms with van der Waals surface area (Å²) in [5, 5.41) is 22.1. The van der Waals surface area contributed by atoms with E-state index in [1.807, 2.05) is 6.92 Å². The molecule has 0 bridgehead atoms. The largest absolute Gasteiger partial charge is 0.434 e. The highest BCUT2D eigenvalue weighted by Gasteiger charge is 2.49. The van der Waals surface area contributed by atoms with Crippen molar-refractivity contribution < 1.29 is 32.1 Å². The number of nitrogens with zero attached hydrogens (tertiary/aromatic N) is 4. The van der Waals surface area contributed by atoms with E-state index in [0.717, 1.165) is 50.1 Å². The van der Waals surface area contributed by atoms with Crippen LogP contribution in [-0.2, 0) is 30.3 Å². The third-order valence-corrected chi connectivity index (χ3v) is 11.0. The number of ether oxygens (including phenoxy) is 2. The Kier molecular flexibility index (Phi) is 17.1. The van der Waals surface area contributed by atoms with Crippen LogP contribution in [0.5, 0.6) is 0 Å². The van der Waals surface area contributed by atoms with E-state index in [2.05, 4.69) is 48.6 Å². The van der Waals surface area contributed by atoms with Crippen LogP contribution >= 0.6 is 0 Å². The molecular formula is C25H48B10N4O8S. The van der Waals surface area contributed by atoms with Gasteiger partial charge in [-0.25, -0.2) is 4.57 Å². The number of unbranched alkanes of at least 4 members (excludes halogenated alkanes) is 1. The van der Waals surface area contributed by atoms with Crippen LogP contribution in [0.25, 0.3) is 0 Å². The van der Waals surface area contributed by atoms with Crippen LogP contribution < -0.4 is 0 Å². The molecule has 1 fully saturated rings. The first kappa shape index (κ1) is 40.7. The maximum absolute atomic E-state index is 12.3. The van der Waals surface area contributed by atoms with E-state index in [1.54, 1.807) is 12.1 Å². The van der Waals surface area contributed by atoms with Gasteiger partial charge in [-0.1, -0.05) is 47.7 Å². The quantitative estimate of drug-likeness (QED) is 0.0367. The van der Waals surface area contributed by atoms with Crippen LogP contribution in [0.15, 0.2) is 41.6 Å². The standard InChI is InChI=1S/C25H48B10N4O8S/c1-21-5-7-24(8-6-21)48(43,44)47-17-16-46-15-14-45-13-12-37(19-23(40)20-38-11-9-36-25(38)39(41)42)10-3-2-4-22-18-31(22)35(33(28)29)34(30)32(26)27/h5-9,11,22-23,40H,2-4,10,12-20,26-30H2,1H3. The number of aromatic nitrogens is 2. The fourth-order valence-electron chi connectivity index (χ4n) is 6.74. The molecule has 2 atom stereocenters.